The lowest BCUT2D eigenvalue weighted by molar-refractivity contribution is -0.166. The van der Waals surface area contributed by atoms with Crippen LogP contribution in [0.25, 0.3) is 0 Å². The van der Waals surface area contributed by atoms with Gasteiger partial charge < -0.3 is 14.2 Å². The molecule has 1 atom stereocenters. The number of esters is 3. The van der Waals surface area contributed by atoms with Crippen LogP contribution in [0.2, 0.25) is 0 Å². The van der Waals surface area contributed by atoms with Crippen molar-refractivity contribution in [1.29, 1.82) is 0 Å². The van der Waals surface area contributed by atoms with Crippen molar-refractivity contribution < 1.29 is 28.6 Å². The summed E-state index contributed by atoms with van der Waals surface area (Å²) in [6, 6.07) is 0. The summed E-state index contributed by atoms with van der Waals surface area (Å²) < 4.78 is 16.8. The van der Waals surface area contributed by atoms with Gasteiger partial charge in [-0.25, -0.2) is 0 Å². The van der Waals surface area contributed by atoms with Gasteiger partial charge in [0.1, 0.15) is 13.2 Å². The molecule has 0 aliphatic heterocycles. The van der Waals surface area contributed by atoms with E-state index in [-0.39, 0.29) is 31.6 Å². The van der Waals surface area contributed by atoms with Gasteiger partial charge in [0, 0.05) is 12.8 Å². The highest BCUT2D eigenvalue weighted by Crippen LogP contribution is 2.15. The minimum atomic E-state index is -0.828. The molecule has 0 spiro atoms. The Morgan fingerprint density at radius 3 is 0.934 bits per heavy atom. The molecule has 0 amide bonds. The molecule has 430 valence electrons. The predicted molar refractivity (Wildman–Crippen MR) is 329 cm³/mol. The summed E-state index contributed by atoms with van der Waals surface area (Å²) in [4.78, 5) is 38.2. The number of allylic oxidation sites excluding steroid dienone is 21. The Hall–Kier alpha value is -4.45. The van der Waals surface area contributed by atoms with E-state index in [1.807, 2.05) is 6.08 Å². The first-order valence-electron chi connectivity index (χ1n) is 31.2. The smallest absolute Gasteiger partial charge is 0.309 e. The van der Waals surface area contributed by atoms with E-state index in [4.69, 9.17) is 14.2 Å². The van der Waals surface area contributed by atoms with Gasteiger partial charge in [0.05, 0.1) is 6.42 Å². The second-order valence-electron chi connectivity index (χ2n) is 20.2. The second-order valence-corrected chi connectivity index (χ2v) is 20.2. The molecule has 6 heteroatoms. The molecule has 0 aromatic heterocycles. The average Bonchev–Trinajstić information content (AvgIpc) is 3.42. The Balaban J connectivity index is 4.40. The van der Waals surface area contributed by atoms with E-state index in [1.165, 1.54) is 116 Å². The number of hydrogen-bond donors (Lipinski definition) is 0. The van der Waals surface area contributed by atoms with Crippen molar-refractivity contribution >= 4 is 17.9 Å². The third-order valence-corrected chi connectivity index (χ3v) is 12.9. The van der Waals surface area contributed by atoms with Crippen LogP contribution in [0.4, 0.5) is 0 Å². The van der Waals surface area contributed by atoms with Crippen LogP contribution < -0.4 is 0 Å². The molecule has 0 rings (SSSR count). The fourth-order valence-electron chi connectivity index (χ4n) is 8.30. The summed E-state index contributed by atoms with van der Waals surface area (Å²) >= 11 is 0. The number of unbranched alkanes of at least 4 members (excludes halogenated alkanes) is 23. The molecule has 0 radical (unpaired) electrons. The third-order valence-electron chi connectivity index (χ3n) is 12.9. The van der Waals surface area contributed by atoms with E-state index >= 15 is 0 Å². The summed E-state index contributed by atoms with van der Waals surface area (Å²) in [5.74, 6) is -1.06. The molecule has 0 bridgehead atoms. The highest BCUT2D eigenvalue weighted by atomic mass is 16.6. The monoisotopic (exact) mass is 1050 g/mol. The lowest BCUT2D eigenvalue weighted by Crippen LogP contribution is -2.30. The van der Waals surface area contributed by atoms with Crippen molar-refractivity contribution in [3.8, 4) is 0 Å². The van der Waals surface area contributed by atoms with Gasteiger partial charge in [-0.1, -0.05) is 270 Å². The van der Waals surface area contributed by atoms with Gasteiger partial charge in [0.2, 0.25) is 0 Å². The van der Waals surface area contributed by atoms with E-state index in [0.717, 1.165) is 116 Å². The molecule has 1 unspecified atom stereocenters. The molecule has 76 heavy (non-hydrogen) atoms. The van der Waals surface area contributed by atoms with E-state index in [0.29, 0.717) is 12.8 Å². The molecule has 0 N–H and O–H groups in total. The first kappa shape index (κ1) is 71.5. The lowest BCUT2D eigenvalue weighted by Gasteiger charge is -2.18. The largest absolute Gasteiger partial charge is 0.462 e. The van der Waals surface area contributed by atoms with Crippen molar-refractivity contribution in [3.05, 3.63) is 134 Å². The van der Waals surface area contributed by atoms with E-state index in [2.05, 4.69) is 142 Å². The molecule has 0 aromatic carbocycles. The quantitative estimate of drug-likeness (QED) is 0.0261. The zero-order chi connectivity index (χ0) is 55.0. The summed E-state index contributed by atoms with van der Waals surface area (Å²) in [7, 11) is 0. The summed E-state index contributed by atoms with van der Waals surface area (Å²) in [5.41, 5.74) is 0. The van der Waals surface area contributed by atoms with Crippen LogP contribution in [0.1, 0.15) is 271 Å². The maximum atomic E-state index is 12.9. The number of rotatable bonds is 55. The van der Waals surface area contributed by atoms with Crippen LogP contribution >= 0.6 is 0 Å². The van der Waals surface area contributed by atoms with E-state index in [9.17, 15) is 14.4 Å². The zero-order valence-corrected chi connectivity index (χ0v) is 49.2. The van der Waals surface area contributed by atoms with E-state index in [1.54, 1.807) is 6.08 Å². The van der Waals surface area contributed by atoms with E-state index < -0.39 is 12.1 Å². The van der Waals surface area contributed by atoms with Gasteiger partial charge in [-0.2, -0.15) is 0 Å². The van der Waals surface area contributed by atoms with Crippen molar-refractivity contribution in [1.82, 2.24) is 0 Å². The van der Waals surface area contributed by atoms with Crippen LogP contribution in [0.5, 0.6) is 0 Å². The Kier molecular flexibility index (Phi) is 59.4. The number of hydrogen-bond acceptors (Lipinski definition) is 6. The third kappa shape index (κ3) is 60.4. The van der Waals surface area contributed by atoms with Crippen LogP contribution in [-0.2, 0) is 28.6 Å². The number of carbonyl (C=O) groups is 3. The van der Waals surface area contributed by atoms with Gasteiger partial charge >= 0.3 is 17.9 Å². The Labute approximate surface area is 468 Å². The van der Waals surface area contributed by atoms with Crippen molar-refractivity contribution in [2.24, 2.45) is 0 Å². The average molecular weight is 1050 g/mol. The zero-order valence-electron chi connectivity index (χ0n) is 49.2. The van der Waals surface area contributed by atoms with Gasteiger partial charge in [0.25, 0.3) is 0 Å². The van der Waals surface area contributed by atoms with Gasteiger partial charge in [-0.05, 0) is 116 Å². The Morgan fingerprint density at radius 1 is 0.289 bits per heavy atom. The predicted octanol–water partition coefficient (Wildman–Crippen LogP) is 21.4. The minimum absolute atomic E-state index is 0.116. The molecule has 0 saturated heterocycles. The molecular formula is C70H114O6. The van der Waals surface area contributed by atoms with Crippen LogP contribution in [0, 0.1) is 0 Å². The molecular weight excluding hydrogens is 937 g/mol. The second kappa shape index (κ2) is 63.1. The SMILES string of the molecule is CC/C=C\C/C=C\C/C=C\C/C=C\C/C=C\CCCCCCCCCCCCCC(=O)OCC(COC(=O)C/C=C\C/C=C\C/C=C\C/C=C\C/C=C\CC)OC(=O)CCCCCCC/C=C\CCCCCCCCC. The first-order chi connectivity index (χ1) is 37.5. The van der Waals surface area contributed by atoms with Gasteiger partial charge in [-0.3, -0.25) is 14.4 Å². The van der Waals surface area contributed by atoms with Gasteiger partial charge in [-0.15, -0.1) is 0 Å². The highest BCUT2D eigenvalue weighted by molar-refractivity contribution is 5.72. The van der Waals surface area contributed by atoms with Crippen molar-refractivity contribution in [2.45, 2.75) is 277 Å². The Bertz CT molecular complexity index is 1630. The summed E-state index contributed by atoms with van der Waals surface area (Å²) in [5, 5.41) is 0. The fraction of sp³-hybridized carbons (Fsp3) is 0.643. The maximum absolute atomic E-state index is 12.9. The standard InChI is InChI=1S/C70H114O6/c1-4-7-10-13-16-19-22-25-28-30-31-32-33-34-35-36-37-38-39-40-43-45-48-51-54-57-60-63-69(72)75-66-67(65-74-68(71)62-59-56-53-50-47-44-41-27-24-21-18-15-12-9-6-3)76-70(73)64-61-58-55-52-49-46-42-29-26-23-20-17-14-11-8-5-2/h7,9-10,12,16,18-19,21,25,27-29,31-32,34-35,41-42,47,50,56,59,67H,4-6,8,11,13-15,17,20,22-24,26,30,33,36-40,43-46,48-49,51-55,57-58,60-66H2,1-3H3/b10-7-,12-9-,19-16-,21-18-,28-25-,32-31-,35-34-,41-27-,42-29-,50-47-,59-56-. The normalized spacial score (nSPS) is 13.0. The molecule has 0 aliphatic rings. The molecule has 0 heterocycles. The minimum Gasteiger partial charge on any atom is -0.462 e. The fourth-order valence-corrected chi connectivity index (χ4v) is 8.30. The highest BCUT2D eigenvalue weighted by Gasteiger charge is 2.19. The van der Waals surface area contributed by atoms with Crippen LogP contribution in [0.15, 0.2) is 134 Å². The summed E-state index contributed by atoms with van der Waals surface area (Å²) in [6.07, 6.45) is 89.1. The molecule has 0 fully saturated rings. The molecule has 0 aliphatic carbocycles. The first-order valence-corrected chi connectivity index (χ1v) is 31.2. The Morgan fingerprint density at radius 2 is 0.566 bits per heavy atom. The summed E-state index contributed by atoms with van der Waals surface area (Å²) in [6.45, 7) is 6.32. The van der Waals surface area contributed by atoms with Crippen LogP contribution in [0.3, 0.4) is 0 Å². The van der Waals surface area contributed by atoms with Gasteiger partial charge in [0.15, 0.2) is 6.10 Å². The van der Waals surface area contributed by atoms with Crippen molar-refractivity contribution in [2.75, 3.05) is 13.2 Å². The maximum Gasteiger partial charge on any atom is 0.309 e. The number of ether oxygens (including phenoxy) is 3. The lowest BCUT2D eigenvalue weighted by atomic mass is 10.0. The molecule has 6 nitrogen and oxygen atoms in total. The molecule has 0 saturated carbocycles. The molecule has 0 aromatic rings. The number of carbonyl (C=O) groups excluding carboxylic acids is 3. The van der Waals surface area contributed by atoms with Crippen LogP contribution in [-0.4, -0.2) is 37.2 Å². The topological polar surface area (TPSA) is 78.9 Å². The van der Waals surface area contributed by atoms with Crippen molar-refractivity contribution in [3.63, 3.8) is 0 Å².